The molecule has 0 radical (unpaired) electrons. The van der Waals surface area contributed by atoms with Crippen LogP contribution in [-0.4, -0.2) is 19.3 Å². The lowest BCUT2D eigenvalue weighted by Crippen LogP contribution is -2.27. The molecule has 0 aromatic carbocycles. The van der Waals surface area contributed by atoms with Gasteiger partial charge in [-0.05, 0) is 18.9 Å². The number of nitrogens with zero attached hydrogens (tertiary/aromatic N) is 5. The summed E-state index contributed by atoms with van der Waals surface area (Å²) in [5.74, 6) is 0.846. The Morgan fingerprint density at radius 1 is 1.42 bits per heavy atom. The van der Waals surface area contributed by atoms with Crippen molar-refractivity contribution in [2.24, 2.45) is 0 Å². The molecule has 1 aliphatic heterocycles. The van der Waals surface area contributed by atoms with Gasteiger partial charge in [-0.3, -0.25) is 4.57 Å². The predicted octanol–water partition coefficient (Wildman–Crippen LogP) is 0.696. The van der Waals surface area contributed by atoms with E-state index in [1.54, 1.807) is 22.9 Å². The fourth-order valence-electron chi connectivity index (χ4n) is 2.38. The van der Waals surface area contributed by atoms with Crippen molar-refractivity contribution in [3.05, 3.63) is 45.9 Å². The monoisotopic (exact) mass is 255 g/mol. The SMILES string of the molecule is N#Cc1ncccc1Cn1nc2n(c1=O)CCCC2. The van der Waals surface area contributed by atoms with Gasteiger partial charge < -0.3 is 0 Å². The van der Waals surface area contributed by atoms with Gasteiger partial charge >= 0.3 is 5.69 Å². The summed E-state index contributed by atoms with van der Waals surface area (Å²) in [4.78, 5) is 16.2. The van der Waals surface area contributed by atoms with Gasteiger partial charge in [-0.2, -0.15) is 10.4 Å². The van der Waals surface area contributed by atoms with Crippen molar-refractivity contribution in [2.45, 2.75) is 32.4 Å². The highest BCUT2D eigenvalue weighted by Crippen LogP contribution is 2.11. The number of pyridine rings is 1. The Hall–Kier alpha value is -2.42. The summed E-state index contributed by atoms with van der Waals surface area (Å²) in [6.45, 7) is 1.04. The first-order valence-electron chi connectivity index (χ1n) is 6.30. The fraction of sp³-hybridized carbons (Fsp3) is 0.385. The molecule has 3 rings (SSSR count). The highest BCUT2D eigenvalue weighted by molar-refractivity contribution is 5.30. The number of hydrogen-bond acceptors (Lipinski definition) is 4. The molecule has 19 heavy (non-hydrogen) atoms. The molecule has 0 saturated carbocycles. The molecule has 0 amide bonds. The summed E-state index contributed by atoms with van der Waals surface area (Å²) in [5.41, 5.74) is 0.977. The Balaban J connectivity index is 1.98. The average Bonchev–Trinajstić information content (AvgIpc) is 2.77. The van der Waals surface area contributed by atoms with Crippen LogP contribution in [0.25, 0.3) is 0 Å². The number of rotatable bonds is 2. The molecule has 0 N–H and O–H groups in total. The Bertz CT molecular complexity index is 707. The summed E-state index contributed by atoms with van der Waals surface area (Å²) in [6, 6.07) is 5.60. The van der Waals surface area contributed by atoms with Crippen LogP contribution in [0.3, 0.4) is 0 Å². The van der Waals surface area contributed by atoms with Crippen molar-refractivity contribution in [1.82, 2.24) is 19.3 Å². The van der Waals surface area contributed by atoms with Crippen LogP contribution in [0.1, 0.15) is 29.9 Å². The van der Waals surface area contributed by atoms with Gasteiger partial charge in [0.2, 0.25) is 0 Å². The molecule has 0 spiro atoms. The smallest absolute Gasteiger partial charge is 0.279 e. The van der Waals surface area contributed by atoms with Crippen LogP contribution in [0, 0.1) is 11.3 Å². The predicted molar refractivity (Wildman–Crippen MR) is 67.5 cm³/mol. The maximum Gasteiger partial charge on any atom is 0.346 e. The molecule has 0 unspecified atom stereocenters. The number of hydrogen-bond donors (Lipinski definition) is 0. The zero-order chi connectivity index (χ0) is 13.2. The summed E-state index contributed by atoms with van der Waals surface area (Å²) < 4.78 is 3.16. The zero-order valence-electron chi connectivity index (χ0n) is 10.4. The van der Waals surface area contributed by atoms with E-state index in [4.69, 9.17) is 5.26 Å². The second-order valence-electron chi connectivity index (χ2n) is 4.59. The van der Waals surface area contributed by atoms with Crippen LogP contribution in [0.5, 0.6) is 0 Å². The van der Waals surface area contributed by atoms with Crippen LogP contribution < -0.4 is 5.69 Å². The van der Waals surface area contributed by atoms with E-state index in [0.29, 0.717) is 12.2 Å². The highest BCUT2D eigenvalue weighted by Gasteiger charge is 2.17. The van der Waals surface area contributed by atoms with Gasteiger partial charge in [0.1, 0.15) is 17.6 Å². The number of fused-ring (bicyclic) bond motifs is 1. The van der Waals surface area contributed by atoms with Crippen molar-refractivity contribution in [3.8, 4) is 6.07 Å². The van der Waals surface area contributed by atoms with Gasteiger partial charge in [0.15, 0.2) is 0 Å². The normalized spacial score (nSPS) is 13.8. The molecule has 6 heteroatoms. The molecular formula is C13H13N5O. The third-order valence-corrected chi connectivity index (χ3v) is 3.35. The van der Waals surface area contributed by atoms with Crippen molar-refractivity contribution < 1.29 is 0 Å². The summed E-state index contributed by atoms with van der Waals surface area (Å²) in [7, 11) is 0. The molecule has 0 aliphatic carbocycles. The van der Waals surface area contributed by atoms with Crippen molar-refractivity contribution >= 4 is 0 Å². The maximum absolute atomic E-state index is 12.2. The molecule has 2 aromatic rings. The maximum atomic E-state index is 12.2. The van der Waals surface area contributed by atoms with Gasteiger partial charge in [-0.25, -0.2) is 14.5 Å². The molecule has 0 saturated heterocycles. The van der Waals surface area contributed by atoms with E-state index < -0.39 is 0 Å². The van der Waals surface area contributed by atoms with Crippen molar-refractivity contribution in [1.29, 1.82) is 5.26 Å². The lowest BCUT2D eigenvalue weighted by atomic mass is 10.2. The second-order valence-corrected chi connectivity index (χ2v) is 4.59. The summed E-state index contributed by atoms with van der Waals surface area (Å²) in [5, 5.41) is 13.4. The molecule has 2 aromatic heterocycles. The molecule has 1 aliphatic rings. The van der Waals surface area contributed by atoms with Crippen LogP contribution in [0.2, 0.25) is 0 Å². The molecule has 0 fully saturated rings. The third-order valence-electron chi connectivity index (χ3n) is 3.35. The Labute approximate surface area is 109 Å². The van der Waals surface area contributed by atoms with Gasteiger partial charge in [0.25, 0.3) is 0 Å². The lowest BCUT2D eigenvalue weighted by molar-refractivity contribution is 0.511. The third kappa shape index (κ3) is 2.03. The highest BCUT2D eigenvalue weighted by atomic mass is 16.2. The van der Waals surface area contributed by atoms with Crippen LogP contribution >= 0.6 is 0 Å². The van der Waals surface area contributed by atoms with Crippen LogP contribution in [0.4, 0.5) is 0 Å². The van der Waals surface area contributed by atoms with Gasteiger partial charge in [0.05, 0.1) is 6.54 Å². The van der Waals surface area contributed by atoms with Gasteiger partial charge in [0, 0.05) is 24.7 Å². The van der Waals surface area contributed by atoms with E-state index in [2.05, 4.69) is 10.1 Å². The molecule has 3 heterocycles. The van der Waals surface area contributed by atoms with Crippen molar-refractivity contribution in [2.75, 3.05) is 0 Å². The Morgan fingerprint density at radius 3 is 3.11 bits per heavy atom. The molecule has 0 atom stereocenters. The van der Waals surface area contributed by atoms with Crippen molar-refractivity contribution in [3.63, 3.8) is 0 Å². The van der Waals surface area contributed by atoms with Gasteiger partial charge in [-0.1, -0.05) is 6.07 Å². The largest absolute Gasteiger partial charge is 0.346 e. The van der Waals surface area contributed by atoms with E-state index in [9.17, 15) is 4.79 Å². The van der Waals surface area contributed by atoms with Gasteiger partial charge in [-0.15, -0.1) is 0 Å². The average molecular weight is 255 g/mol. The Kier molecular flexibility index (Phi) is 2.88. The molecule has 6 nitrogen and oxygen atoms in total. The zero-order valence-corrected chi connectivity index (χ0v) is 10.4. The van der Waals surface area contributed by atoms with E-state index >= 15 is 0 Å². The number of nitriles is 1. The van der Waals surface area contributed by atoms with E-state index in [1.165, 1.54) is 4.68 Å². The molecule has 96 valence electrons. The first-order valence-corrected chi connectivity index (χ1v) is 6.30. The summed E-state index contributed by atoms with van der Waals surface area (Å²) >= 11 is 0. The first-order chi connectivity index (χ1) is 9.29. The quantitative estimate of drug-likeness (QED) is 0.791. The van der Waals surface area contributed by atoms with Crippen LogP contribution in [0.15, 0.2) is 23.1 Å². The number of aryl methyl sites for hydroxylation is 1. The van der Waals surface area contributed by atoms with E-state index in [0.717, 1.165) is 37.2 Å². The molecule has 0 bridgehead atoms. The lowest BCUT2D eigenvalue weighted by Gasteiger charge is -2.09. The second kappa shape index (κ2) is 4.69. The fourth-order valence-corrected chi connectivity index (χ4v) is 2.38. The minimum absolute atomic E-state index is 0.0950. The standard InChI is InChI=1S/C13H13N5O/c14-8-11-10(4-3-6-15-11)9-18-13(19)17-7-2-1-5-12(17)16-18/h3-4,6H,1-2,5,7,9H2. The van der Waals surface area contributed by atoms with E-state index in [1.807, 2.05) is 6.07 Å². The topological polar surface area (TPSA) is 76.5 Å². The number of aromatic nitrogens is 4. The minimum Gasteiger partial charge on any atom is -0.279 e. The minimum atomic E-state index is -0.0950. The van der Waals surface area contributed by atoms with E-state index in [-0.39, 0.29) is 5.69 Å². The molecular weight excluding hydrogens is 242 g/mol. The van der Waals surface area contributed by atoms with Crippen LogP contribution in [-0.2, 0) is 19.5 Å². The Morgan fingerprint density at radius 2 is 2.32 bits per heavy atom. The first kappa shape index (κ1) is 11.7. The summed E-state index contributed by atoms with van der Waals surface area (Å²) in [6.07, 6.45) is 4.52.